The first-order chi connectivity index (χ1) is 29.4. The van der Waals surface area contributed by atoms with E-state index in [9.17, 15) is 45.6 Å². The third kappa shape index (κ3) is 12.7. The van der Waals surface area contributed by atoms with Crippen LogP contribution in [0.2, 0.25) is 0 Å². The lowest BCUT2D eigenvalue weighted by atomic mass is 9.77. The van der Waals surface area contributed by atoms with Gasteiger partial charge in [0.25, 0.3) is 0 Å². The molecule has 1 spiro atoms. The molecule has 0 aliphatic carbocycles. The maximum absolute atomic E-state index is 13.7. The van der Waals surface area contributed by atoms with Gasteiger partial charge in [-0.15, -0.1) is 0 Å². The molecule has 5 rings (SSSR count). The van der Waals surface area contributed by atoms with Crippen LogP contribution in [0.1, 0.15) is 126 Å². The van der Waals surface area contributed by atoms with Gasteiger partial charge in [-0.2, -0.15) is 0 Å². The van der Waals surface area contributed by atoms with E-state index in [1.165, 1.54) is 27.9 Å². The standard InChI is InChI=1S/C47H80O16/c1-10-32(48)21-33-27(3)15-19-46(62-33)23-35-28(4)36(63-46)24-47(56)31(20-26(2)25-58-47)14-12-11-13-17-44(7,54)43(53)41(61-38-22-34(57-9)40(51)30(6)59-38)39(50)29(5)42(52)45(8,55)18-16-37(49)60-35/h12,14,16,18,26-36,38-43,48,50-56H,10-11,13,15,17,19-25H2,1-9H3/t26-,27-,28-,29+,30-,31+,32-,33-,34-,35+,36+,38+,39-,40+,41-,42+,43-,44+,45-,46-,47-/m0/s1. The number of esters is 1. The highest BCUT2D eigenvalue weighted by atomic mass is 16.7. The van der Waals surface area contributed by atoms with Crippen molar-refractivity contribution in [1.29, 1.82) is 0 Å². The zero-order chi connectivity index (χ0) is 46.7. The predicted octanol–water partition coefficient (Wildman–Crippen LogP) is 3.16. The molecule has 5 aliphatic rings. The van der Waals surface area contributed by atoms with Gasteiger partial charge in [0.1, 0.15) is 30.0 Å². The van der Waals surface area contributed by atoms with Crippen molar-refractivity contribution >= 4 is 5.97 Å². The fourth-order valence-corrected chi connectivity index (χ4v) is 10.1. The molecule has 21 atom stereocenters. The van der Waals surface area contributed by atoms with Crippen LogP contribution >= 0.6 is 0 Å². The number of aliphatic hydroxyl groups is 8. The van der Waals surface area contributed by atoms with E-state index in [1.807, 2.05) is 32.9 Å². The zero-order valence-electron chi connectivity index (χ0n) is 39.0. The second-order valence-electron chi connectivity index (χ2n) is 20.2. The number of hydrogen-bond acceptors (Lipinski definition) is 16. The monoisotopic (exact) mass is 901 g/mol. The van der Waals surface area contributed by atoms with E-state index >= 15 is 0 Å². The third-order valence-electron chi connectivity index (χ3n) is 14.8. The smallest absolute Gasteiger partial charge is 0.330 e. The van der Waals surface area contributed by atoms with Crippen molar-refractivity contribution in [3.63, 3.8) is 0 Å². The van der Waals surface area contributed by atoms with E-state index in [2.05, 4.69) is 6.92 Å². The number of carbonyl (C=O) groups excluding carboxylic acids is 1. The summed E-state index contributed by atoms with van der Waals surface area (Å²) in [5.74, 6) is -5.51. The summed E-state index contributed by atoms with van der Waals surface area (Å²) in [5, 5.41) is 92.3. The Morgan fingerprint density at radius 2 is 1.62 bits per heavy atom. The fourth-order valence-electron chi connectivity index (χ4n) is 10.1. The summed E-state index contributed by atoms with van der Waals surface area (Å²) in [6, 6.07) is 0. The molecule has 5 aliphatic heterocycles. The molecule has 0 saturated carbocycles. The van der Waals surface area contributed by atoms with Crippen LogP contribution in [-0.4, -0.2) is 157 Å². The van der Waals surface area contributed by atoms with Crippen LogP contribution in [0.3, 0.4) is 0 Å². The van der Waals surface area contributed by atoms with Gasteiger partial charge >= 0.3 is 5.97 Å². The van der Waals surface area contributed by atoms with Crippen LogP contribution in [0, 0.1) is 29.6 Å². The lowest BCUT2D eigenvalue weighted by molar-refractivity contribution is -0.362. The molecule has 0 amide bonds. The van der Waals surface area contributed by atoms with Crippen LogP contribution in [0.25, 0.3) is 0 Å². The molecule has 0 aromatic carbocycles. The molecule has 63 heavy (non-hydrogen) atoms. The van der Waals surface area contributed by atoms with E-state index in [-0.39, 0.29) is 43.6 Å². The number of aliphatic hydroxyl groups excluding tert-OH is 5. The highest BCUT2D eigenvalue weighted by Gasteiger charge is 2.55. The first-order valence-corrected chi connectivity index (χ1v) is 23.4. The van der Waals surface area contributed by atoms with E-state index in [0.29, 0.717) is 45.1 Å². The van der Waals surface area contributed by atoms with Gasteiger partial charge in [0.2, 0.25) is 0 Å². The van der Waals surface area contributed by atoms with Crippen molar-refractivity contribution < 1.29 is 78.8 Å². The number of hydrogen-bond donors (Lipinski definition) is 8. The molecule has 5 heterocycles. The van der Waals surface area contributed by atoms with Gasteiger partial charge < -0.3 is 74.0 Å². The maximum Gasteiger partial charge on any atom is 0.330 e. The quantitative estimate of drug-likeness (QED) is 0.141. The Kier molecular flexibility index (Phi) is 17.9. The molecule has 4 fully saturated rings. The predicted molar refractivity (Wildman–Crippen MR) is 229 cm³/mol. The number of ether oxygens (including phenoxy) is 7. The van der Waals surface area contributed by atoms with Gasteiger partial charge in [-0.1, -0.05) is 46.8 Å². The number of carbonyl (C=O) groups is 1. The van der Waals surface area contributed by atoms with Crippen molar-refractivity contribution in [3.8, 4) is 0 Å². The minimum Gasteiger partial charge on any atom is -0.459 e. The van der Waals surface area contributed by atoms with Gasteiger partial charge in [-0.3, -0.25) is 0 Å². The highest BCUT2D eigenvalue weighted by Crippen LogP contribution is 2.48. The normalized spacial score (nSPS) is 49.3. The largest absolute Gasteiger partial charge is 0.459 e. The Bertz CT molecular complexity index is 1520. The molecule has 0 aromatic rings. The fraction of sp³-hybridized carbons (Fsp3) is 0.894. The van der Waals surface area contributed by atoms with E-state index in [0.717, 1.165) is 18.6 Å². The molecule has 16 heteroatoms. The van der Waals surface area contributed by atoms with Crippen molar-refractivity contribution in [2.24, 2.45) is 29.6 Å². The van der Waals surface area contributed by atoms with Crippen LogP contribution in [0.15, 0.2) is 24.3 Å². The highest BCUT2D eigenvalue weighted by molar-refractivity contribution is 5.82. The zero-order valence-corrected chi connectivity index (χ0v) is 39.0. The summed E-state index contributed by atoms with van der Waals surface area (Å²) in [5.41, 5.74) is -3.97. The van der Waals surface area contributed by atoms with Crippen LogP contribution in [-0.2, 0) is 38.0 Å². The van der Waals surface area contributed by atoms with E-state index in [4.69, 9.17) is 33.2 Å². The van der Waals surface area contributed by atoms with Crippen molar-refractivity contribution in [2.75, 3.05) is 13.7 Å². The summed E-state index contributed by atoms with van der Waals surface area (Å²) >= 11 is 0. The minimum atomic E-state index is -2.13. The lowest BCUT2D eigenvalue weighted by Crippen LogP contribution is -2.59. The van der Waals surface area contributed by atoms with Crippen LogP contribution in [0.5, 0.6) is 0 Å². The number of rotatable bonds is 6. The molecule has 0 unspecified atom stereocenters. The van der Waals surface area contributed by atoms with Gasteiger partial charge in [0.05, 0.1) is 54.9 Å². The first kappa shape index (κ1) is 52.4. The molecular weight excluding hydrogens is 821 g/mol. The maximum atomic E-state index is 13.7. The Hall–Kier alpha value is -1.61. The van der Waals surface area contributed by atoms with Crippen molar-refractivity contribution in [3.05, 3.63) is 24.3 Å². The topological polar surface area (TPSA) is 244 Å². The minimum absolute atomic E-state index is 0.0294. The summed E-state index contributed by atoms with van der Waals surface area (Å²) in [4.78, 5) is 13.7. The van der Waals surface area contributed by atoms with Crippen molar-refractivity contribution in [2.45, 2.75) is 222 Å². The van der Waals surface area contributed by atoms with Crippen LogP contribution in [0.4, 0.5) is 0 Å². The van der Waals surface area contributed by atoms with Crippen LogP contribution < -0.4 is 0 Å². The summed E-state index contributed by atoms with van der Waals surface area (Å²) in [6.07, 6.45) is -2.72. The number of fused-ring (bicyclic) bond motifs is 3. The molecule has 8 N–H and O–H groups in total. The number of methoxy groups -OCH3 is 1. The summed E-state index contributed by atoms with van der Waals surface area (Å²) in [7, 11) is 1.43. The Morgan fingerprint density at radius 1 is 0.905 bits per heavy atom. The summed E-state index contributed by atoms with van der Waals surface area (Å²) in [6.45, 7) is 14.0. The second-order valence-corrected chi connectivity index (χ2v) is 20.2. The van der Waals surface area contributed by atoms with Gasteiger partial charge in [0.15, 0.2) is 17.9 Å². The average Bonchev–Trinajstić information content (AvgIpc) is 3.23. The van der Waals surface area contributed by atoms with E-state index < -0.39 is 114 Å². The Balaban J connectivity index is 1.49. The average molecular weight is 901 g/mol. The van der Waals surface area contributed by atoms with Gasteiger partial charge in [-0.05, 0) is 83.6 Å². The SMILES string of the molecule is CC[C@H](O)C[C@@H]1O[C@]2(CC[C@@H]1C)C[C@H]1OC(=O)C=C[C@](C)(O)[C@H](O)[C@H](C)[C@H](O)[C@H](O[C@@H]3C[C@H](OC)[C@H](O)[C@H](C)O3)[C@H](O)[C@](C)(O)CCCC=C[C@@H]3C[C@H](C)CO[C@@]3(O)C[C@@H](O2)[C@H]1C. The molecular formula is C47H80O16. The summed E-state index contributed by atoms with van der Waals surface area (Å²) < 4.78 is 43.6. The Labute approximate surface area is 373 Å². The molecule has 16 nitrogen and oxygen atoms in total. The first-order valence-electron chi connectivity index (χ1n) is 23.4. The number of allylic oxidation sites excluding steroid dienone is 1. The molecule has 2 bridgehead atoms. The molecule has 0 aromatic heterocycles. The molecule has 364 valence electrons. The van der Waals surface area contributed by atoms with E-state index in [1.54, 1.807) is 6.92 Å². The van der Waals surface area contributed by atoms with Gasteiger partial charge in [0, 0.05) is 56.6 Å². The van der Waals surface area contributed by atoms with Gasteiger partial charge in [-0.25, -0.2) is 4.79 Å². The Morgan fingerprint density at radius 3 is 2.30 bits per heavy atom. The molecule has 4 saturated heterocycles. The lowest BCUT2D eigenvalue weighted by Gasteiger charge is -2.53. The second kappa shape index (κ2) is 21.6. The third-order valence-corrected chi connectivity index (χ3v) is 14.8. The molecule has 0 radical (unpaired) electrons. The van der Waals surface area contributed by atoms with Crippen molar-refractivity contribution in [1.82, 2.24) is 0 Å².